The van der Waals surface area contributed by atoms with Gasteiger partial charge >= 0.3 is 0 Å². The van der Waals surface area contributed by atoms with Gasteiger partial charge in [-0.25, -0.2) is 0 Å². The van der Waals surface area contributed by atoms with Gasteiger partial charge in [-0.1, -0.05) is 41.4 Å². The molecular formula is C20H20Cl2N4S. The van der Waals surface area contributed by atoms with Crippen molar-refractivity contribution in [1.29, 1.82) is 0 Å². The zero-order valence-corrected chi connectivity index (χ0v) is 17.6. The molecule has 0 spiro atoms. The molecule has 0 saturated heterocycles. The van der Waals surface area contributed by atoms with Crippen LogP contribution in [0.25, 0.3) is 0 Å². The van der Waals surface area contributed by atoms with Crippen LogP contribution >= 0.6 is 35.4 Å². The molecule has 3 aromatic rings. The summed E-state index contributed by atoms with van der Waals surface area (Å²) in [6.45, 7) is 6.55. The van der Waals surface area contributed by atoms with E-state index in [0.717, 1.165) is 22.5 Å². The molecule has 0 aliphatic carbocycles. The Balaban J connectivity index is 1.73. The Hall–Kier alpha value is -2.08. The number of halogens is 2. The second-order valence-corrected chi connectivity index (χ2v) is 7.65. The van der Waals surface area contributed by atoms with Crippen LogP contribution in [0.1, 0.15) is 22.4 Å². The molecule has 2 N–H and O–H groups in total. The van der Waals surface area contributed by atoms with Gasteiger partial charge in [0.05, 0.1) is 6.54 Å². The van der Waals surface area contributed by atoms with Crippen LogP contribution in [0.5, 0.6) is 0 Å². The van der Waals surface area contributed by atoms with Crippen LogP contribution in [0.15, 0.2) is 42.5 Å². The van der Waals surface area contributed by atoms with Crippen LogP contribution in [-0.2, 0) is 6.54 Å². The van der Waals surface area contributed by atoms with Crippen molar-refractivity contribution >= 4 is 52.0 Å². The van der Waals surface area contributed by atoms with Crippen molar-refractivity contribution in [2.45, 2.75) is 27.3 Å². The molecule has 0 aliphatic rings. The molecule has 1 heterocycles. The third kappa shape index (κ3) is 4.80. The highest BCUT2D eigenvalue weighted by Crippen LogP contribution is 2.26. The zero-order valence-electron chi connectivity index (χ0n) is 15.3. The van der Waals surface area contributed by atoms with Crippen LogP contribution in [0.4, 0.5) is 11.5 Å². The van der Waals surface area contributed by atoms with Crippen LogP contribution in [0.3, 0.4) is 0 Å². The molecular weight excluding hydrogens is 399 g/mol. The van der Waals surface area contributed by atoms with E-state index in [1.165, 1.54) is 5.56 Å². The van der Waals surface area contributed by atoms with Gasteiger partial charge in [-0.2, -0.15) is 5.10 Å². The van der Waals surface area contributed by atoms with Crippen molar-refractivity contribution in [2.24, 2.45) is 0 Å². The maximum atomic E-state index is 6.27. The molecule has 3 rings (SSSR count). The Morgan fingerprint density at radius 1 is 1.04 bits per heavy atom. The molecule has 0 bridgehead atoms. The second-order valence-electron chi connectivity index (χ2n) is 6.43. The summed E-state index contributed by atoms with van der Waals surface area (Å²) in [4.78, 5) is 0. The summed E-state index contributed by atoms with van der Waals surface area (Å²) in [5.41, 5.74) is 5.09. The van der Waals surface area contributed by atoms with E-state index in [1.807, 2.05) is 49.7 Å². The highest BCUT2D eigenvalue weighted by molar-refractivity contribution is 7.80. The Morgan fingerprint density at radius 3 is 2.44 bits per heavy atom. The fourth-order valence-corrected chi connectivity index (χ4v) is 3.44. The van der Waals surface area contributed by atoms with Gasteiger partial charge in [0.2, 0.25) is 0 Å². The molecule has 0 atom stereocenters. The van der Waals surface area contributed by atoms with E-state index in [4.69, 9.17) is 35.4 Å². The number of hydrogen-bond acceptors (Lipinski definition) is 2. The lowest BCUT2D eigenvalue weighted by Crippen LogP contribution is -2.20. The highest BCUT2D eigenvalue weighted by Gasteiger charge is 2.11. The number of hydrogen-bond donors (Lipinski definition) is 2. The lowest BCUT2D eigenvalue weighted by atomic mass is 10.1. The Kier molecular flexibility index (Phi) is 6.05. The summed E-state index contributed by atoms with van der Waals surface area (Å²) in [7, 11) is 0. The van der Waals surface area contributed by atoms with E-state index < -0.39 is 0 Å². The summed E-state index contributed by atoms with van der Waals surface area (Å²) >= 11 is 18.0. The Labute approximate surface area is 174 Å². The van der Waals surface area contributed by atoms with E-state index in [2.05, 4.69) is 33.9 Å². The van der Waals surface area contributed by atoms with Gasteiger partial charge in [-0.05, 0) is 62.3 Å². The number of aryl methyl sites for hydroxylation is 3. The molecule has 2 aromatic carbocycles. The molecule has 0 unspecified atom stereocenters. The number of anilines is 2. The van der Waals surface area contributed by atoms with Gasteiger partial charge in [0.15, 0.2) is 10.9 Å². The number of rotatable bonds is 4. The number of benzene rings is 2. The first-order chi connectivity index (χ1) is 12.8. The molecule has 7 heteroatoms. The quantitative estimate of drug-likeness (QED) is 0.511. The molecule has 4 nitrogen and oxygen atoms in total. The molecule has 140 valence electrons. The number of thiocarbonyl (C=S) groups is 1. The summed E-state index contributed by atoms with van der Waals surface area (Å²) in [5.74, 6) is 0.665. The minimum Gasteiger partial charge on any atom is -0.332 e. The van der Waals surface area contributed by atoms with Crippen molar-refractivity contribution < 1.29 is 0 Å². The molecule has 0 amide bonds. The summed E-state index contributed by atoms with van der Waals surface area (Å²) < 4.78 is 1.84. The van der Waals surface area contributed by atoms with Crippen molar-refractivity contribution in [3.8, 4) is 0 Å². The predicted molar refractivity (Wildman–Crippen MR) is 118 cm³/mol. The van der Waals surface area contributed by atoms with Crippen LogP contribution in [0.2, 0.25) is 10.0 Å². The van der Waals surface area contributed by atoms with Crippen LogP contribution in [-0.4, -0.2) is 14.9 Å². The Morgan fingerprint density at radius 2 is 1.74 bits per heavy atom. The minimum absolute atomic E-state index is 0.489. The second kappa shape index (κ2) is 8.30. The number of nitrogens with zero attached hydrogens (tertiary/aromatic N) is 2. The number of aromatic nitrogens is 2. The molecule has 0 aliphatic heterocycles. The minimum atomic E-state index is 0.489. The third-order valence-electron chi connectivity index (χ3n) is 4.23. The molecule has 0 fully saturated rings. The average Bonchev–Trinajstić information content (AvgIpc) is 2.93. The lowest BCUT2D eigenvalue weighted by Gasteiger charge is -2.12. The first-order valence-corrected chi connectivity index (χ1v) is 9.62. The van der Waals surface area contributed by atoms with Crippen LogP contribution in [0, 0.1) is 20.8 Å². The maximum absolute atomic E-state index is 6.27. The van der Waals surface area contributed by atoms with Crippen molar-refractivity contribution in [1.82, 2.24) is 9.78 Å². The van der Waals surface area contributed by atoms with Gasteiger partial charge in [0, 0.05) is 33.1 Å². The molecule has 0 radical (unpaired) electrons. The topological polar surface area (TPSA) is 41.9 Å². The molecule has 27 heavy (non-hydrogen) atoms. The van der Waals surface area contributed by atoms with E-state index in [1.54, 1.807) is 0 Å². The van der Waals surface area contributed by atoms with Gasteiger partial charge < -0.3 is 10.6 Å². The van der Waals surface area contributed by atoms with Crippen molar-refractivity contribution in [3.63, 3.8) is 0 Å². The highest BCUT2D eigenvalue weighted by atomic mass is 35.5. The van der Waals surface area contributed by atoms with Gasteiger partial charge in [-0.3, -0.25) is 4.68 Å². The zero-order chi connectivity index (χ0) is 19.6. The standard InChI is InChI=1S/C20H20Cl2N4S/c1-12-7-8-13(2)18(9-12)23-20(27)24-19-10-14(3)26(25-19)11-15-16(21)5-4-6-17(15)22/h4-10H,11H2,1-3H3,(H2,23,24,25,27). The van der Waals surface area contributed by atoms with E-state index in [-0.39, 0.29) is 0 Å². The largest absolute Gasteiger partial charge is 0.332 e. The molecule has 1 aromatic heterocycles. The van der Waals surface area contributed by atoms with Crippen LogP contribution < -0.4 is 10.6 Å². The van der Waals surface area contributed by atoms with Gasteiger partial charge in [0.1, 0.15) is 0 Å². The summed E-state index contributed by atoms with van der Waals surface area (Å²) in [6, 6.07) is 13.6. The number of nitrogens with one attached hydrogen (secondary N) is 2. The lowest BCUT2D eigenvalue weighted by molar-refractivity contribution is 0.668. The fourth-order valence-electron chi connectivity index (χ4n) is 2.70. The normalized spacial score (nSPS) is 10.7. The molecule has 0 saturated carbocycles. The van der Waals surface area contributed by atoms with Crippen molar-refractivity contribution in [3.05, 3.63) is 74.9 Å². The monoisotopic (exact) mass is 418 g/mol. The average molecular weight is 419 g/mol. The summed E-state index contributed by atoms with van der Waals surface area (Å²) in [6.07, 6.45) is 0. The van der Waals surface area contributed by atoms with E-state index >= 15 is 0 Å². The van der Waals surface area contributed by atoms with Crippen molar-refractivity contribution in [2.75, 3.05) is 10.6 Å². The van der Waals surface area contributed by atoms with E-state index in [0.29, 0.717) is 27.5 Å². The smallest absolute Gasteiger partial charge is 0.176 e. The fraction of sp³-hybridized carbons (Fsp3) is 0.200. The predicted octanol–water partition coefficient (Wildman–Crippen LogP) is 5.97. The van der Waals surface area contributed by atoms with Gasteiger partial charge in [-0.15, -0.1) is 0 Å². The SMILES string of the molecule is Cc1ccc(C)c(NC(=S)Nc2cc(C)n(Cc3c(Cl)cccc3Cl)n2)c1. The Bertz CT molecular complexity index is 977. The van der Waals surface area contributed by atoms with Gasteiger partial charge in [0.25, 0.3) is 0 Å². The summed E-state index contributed by atoms with van der Waals surface area (Å²) in [5, 5.41) is 12.7. The van der Waals surface area contributed by atoms with E-state index in [9.17, 15) is 0 Å². The first kappa shape index (κ1) is 19.7. The maximum Gasteiger partial charge on any atom is 0.176 e. The third-order valence-corrected chi connectivity index (χ3v) is 5.15. The first-order valence-electron chi connectivity index (χ1n) is 8.46.